The van der Waals surface area contributed by atoms with Gasteiger partial charge in [-0.15, -0.1) is 0 Å². The fourth-order valence-corrected chi connectivity index (χ4v) is 2.03. The molecule has 0 aliphatic carbocycles. The Hall–Kier alpha value is -1.29. The molecule has 15 heavy (non-hydrogen) atoms. The quantitative estimate of drug-likeness (QED) is 0.808. The molecular formula is C11H10BrNO2. The molecular weight excluding hydrogens is 258 g/mol. The van der Waals surface area contributed by atoms with Crippen LogP contribution in [-0.2, 0) is 4.74 Å². The number of fused-ring (bicyclic) bond motifs is 1. The van der Waals surface area contributed by atoms with Crippen LogP contribution in [0.3, 0.4) is 0 Å². The average molecular weight is 268 g/mol. The van der Waals surface area contributed by atoms with Gasteiger partial charge in [0.1, 0.15) is 0 Å². The summed E-state index contributed by atoms with van der Waals surface area (Å²) in [7, 11) is 1.39. The van der Waals surface area contributed by atoms with Crippen LogP contribution in [0.4, 0.5) is 0 Å². The molecule has 3 nitrogen and oxygen atoms in total. The number of halogens is 1. The molecule has 0 amide bonds. The average Bonchev–Trinajstić information content (AvgIpc) is 2.52. The van der Waals surface area contributed by atoms with Gasteiger partial charge >= 0.3 is 5.97 Å². The molecule has 1 N–H and O–H groups in total. The maximum Gasteiger partial charge on any atom is 0.340 e. The van der Waals surface area contributed by atoms with Crippen molar-refractivity contribution in [3.63, 3.8) is 0 Å². The second-order valence-electron chi connectivity index (χ2n) is 3.31. The SMILES string of the molecule is COC(=O)c1c(C)[nH]c2cc(Br)ccc12. The van der Waals surface area contributed by atoms with Gasteiger partial charge in [0.05, 0.1) is 12.7 Å². The molecule has 0 saturated heterocycles. The van der Waals surface area contributed by atoms with Gasteiger partial charge in [0.2, 0.25) is 0 Å². The van der Waals surface area contributed by atoms with Crippen LogP contribution in [0, 0.1) is 6.92 Å². The van der Waals surface area contributed by atoms with E-state index in [-0.39, 0.29) is 5.97 Å². The molecule has 1 aromatic carbocycles. The molecule has 1 aromatic heterocycles. The third kappa shape index (κ3) is 1.65. The van der Waals surface area contributed by atoms with Crippen LogP contribution in [0.5, 0.6) is 0 Å². The zero-order chi connectivity index (χ0) is 11.0. The maximum absolute atomic E-state index is 11.5. The largest absolute Gasteiger partial charge is 0.465 e. The predicted molar refractivity (Wildman–Crippen MR) is 62.1 cm³/mol. The van der Waals surface area contributed by atoms with Gasteiger partial charge in [0, 0.05) is 21.1 Å². The topological polar surface area (TPSA) is 42.1 Å². The molecule has 0 aliphatic rings. The Morgan fingerprint density at radius 3 is 2.87 bits per heavy atom. The first kappa shape index (κ1) is 10.2. The summed E-state index contributed by atoms with van der Waals surface area (Å²) in [6, 6.07) is 5.74. The fourth-order valence-electron chi connectivity index (χ4n) is 1.67. The molecule has 0 bridgehead atoms. The van der Waals surface area contributed by atoms with Gasteiger partial charge in [-0.25, -0.2) is 4.79 Å². The lowest BCUT2D eigenvalue weighted by molar-refractivity contribution is 0.0602. The first-order valence-corrected chi connectivity index (χ1v) is 5.29. The molecule has 78 valence electrons. The molecule has 0 spiro atoms. The highest BCUT2D eigenvalue weighted by molar-refractivity contribution is 9.10. The van der Waals surface area contributed by atoms with Crippen molar-refractivity contribution in [1.29, 1.82) is 0 Å². The number of carbonyl (C=O) groups is 1. The third-order valence-electron chi connectivity index (χ3n) is 2.34. The minimum absolute atomic E-state index is 0.305. The Kier molecular flexibility index (Phi) is 2.52. The summed E-state index contributed by atoms with van der Waals surface area (Å²) in [5, 5.41) is 0.891. The second-order valence-corrected chi connectivity index (χ2v) is 4.22. The normalized spacial score (nSPS) is 10.6. The van der Waals surface area contributed by atoms with E-state index in [4.69, 9.17) is 4.74 Å². The number of aromatic nitrogens is 1. The number of nitrogens with one attached hydrogen (secondary N) is 1. The number of rotatable bonds is 1. The fraction of sp³-hybridized carbons (Fsp3) is 0.182. The van der Waals surface area contributed by atoms with Gasteiger partial charge in [0.25, 0.3) is 0 Å². The Morgan fingerprint density at radius 1 is 1.47 bits per heavy atom. The van der Waals surface area contributed by atoms with Crippen molar-refractivity contribution in [3.8, 4) is 0 Å². The second kappa shape index (κ2) is 3.70. The first-order chi connectivity index (χ1) is 7.13. The molecule has 0 radical (unpaired) electrons. The molecule has 1 heterocycles. The van der Waals surface area contributed by atoms with Crippen LogP contribution in [0.25, 0.3) is 10.9 Å². The van der Waals surface area contributed by atoms with E-state index >= 15 is 0 Å². The number of carbonyl (C=O) groups excluding carboxylic acids is 1. The van der Waals surface area contributed by atoms with E-state index in [9.17, 15) is 4.79 Å². The van der Waals surface area contributed by atoms with Gasteiger partial charge in [-0.2, -0.15) is 0 Å². The van der Waals surface area contributed by atoms with Crippen molar-refractivity contribution in [2.45, 2.75) is 6.92 Å². The van der Waals surface area contributed by atoms with E-state index in [0.29, 0.717) is 5.56 Å². The highest BCUT2D eigenvalue weighted by Crippen LogP contribution is 2.25. The van der Waals surface area contributed by atoms with Crippen LogP contribution < -0.4 is 0 Å². The van der Waals surface area contributed by atoms with Crippen molar-refractivity contribution in [2.75, 3.05) is 7.11 Å². The molecule has 0 fully saturated rings. The van der Waals surface area contributed by atoms with Gasteiger partial charge in [-0.05, 0) is 19.1 Å². The number of hydrogen-bond donors (Lipinski definition) is 1. The number of hydrogen-bond acceptors (Lipinski definition) is 2. The van der Waals surface area contributed by atoms with Crippen LogP contribution in [0.15, 0.2) is 22.7 Å². The minimum atomic E-state index is -0.305. The van der Waals surface area contributed by atoms with Crippen molar-refractivity contribution in [3.05, 3.63) is 33.9 Å². The minimum Gasteiger partial charge on any atom is -0.465 e. The predicted octanol–water partition coefficient (Wildman–Crippen LogP) is 3.03. The zero-order valence-electron chi connectivity index (χ0n) is 8.43. The van der Waals surface area contributed by atoms with E-state index in [1.807, 2.05) is 25.1 Å². The highest BCUT2D eigenvalue weighted by Gasteiger charge is 2.15. The standard InChI is InChI=1S/C11H10BrNO2/c1-6-10(11(14)15-2)8-4-3-7(12)5-9(8)13-6/h3-5,13H,1-2H3. The summed E-state index contributed by atoms with van der Waals surface area (Å²) in [6.45, 7) is 1.86. The van der Waals surface area contributed by atoms with Crippen molar-refractivity contribution < 1.29 is 9.53 Å². The number of ether oxygens (including phenoxy) is 1. The summed E-state index contributed by atoms with van der Waals surface area (Å²) >= 11 is 3.38. The number of methoxy groups -OCH3 is 1. The summed E-state index contributed by atoms with van der Waals surface area (Å²) in [4.78, 5) is 14.7. The van der Waals surface area contributed by atoms with E-state index in [0.717, 1.165) is 21.1 Å². The lowest BCUT2D eigenvalue weighted by Crippen LogP contribution is -2.01. The summed E-state index contributed by atoms with van der Waals surface area (Å²) in [5.41, 5.74) is 2.37. The summed E-state index contributed by atoms with van der Waals surface area (Å²) in [6.07, 6.45) is 0. The Morgan fingerprint density at radius 2 is 2.20 bits per heavy atom. The van der Waals surface area contributed by atoms with Crippen molar-refractivity contribution in [2.24, 2.45) is 0 Å². The van der Waals surface area contributed by atoms with Crippen molar-refractivity contribution >= 4 is 32.8 Å². The maximum atomic E-state index is 11.5. The molecule has 0 aliphatic heterocycles. The van der Waals surface area contributed by atoms with E-state index in [1.54, 1.807) is 0 Å². The van der Waals surface area contributed by atoms with Crippen LogP contribution in [0.2, 0.25) is 0 Å². The third-order valence-corrected chi connectivity index (χ3v) is 2.83. The molecule has 0 unspecified atom stereocenters. The van der Waals surface area contributed by atoms with Gasteiger partial charge < -0.3 is 9.72 Å². The number of aromatic amines is 1. The Labute approximate surface area is 95.6 Å². The summed E-state index contributed by atoms with van der Waals surface area (Å²) in [5.74, 6) is -0.305. The van der Waals surface area contributed by atoms with Gasteiger partial charge in [0.15, 0.2) is 0 Å². The molecule has 0 saturated carbocycles. The van der Waals surface area contributed by atoms with Crippen molar-refractivity contribution in [1.82, 2.24) is 4.98 Å². The molecule has 2 rings (SSSR count). The smallest absolute Gasteiger partial charge is 0.340 e. The Balaban J connectivity index is 2.73. The van der Waals surface area contributed by atoms with Gasteiger partial charge in [-0.3, -0.25) is 0 Å². The first-order valence-electron chi connectivity index (χ1n) is 4.49. The van der Waals surface area contributed by atoms with E-state index in [1.165, 1.54) is 7.11 Å². The number of benzene rings is 1. The van der Waals surface area contributed by atoms with Crippen LogP contribution in [0.1, 0.15) is 16.1 Å². The number of aryl methyl sites for hydroxylation is 1. The molecule has 2 aromatic rings. The monoisotopic (exact) mass is 267 g/mol. The number of H-pyrrole nitrogens is 1. The molecule has 4 heteroatoms. The van der Waals surface area contributed by atoms with E-state index in [2.05, 4.69) is 20.9 Å². The van der Waals surface area contributed by atoms with Crippen LogP contribution >= 0.6 is 15.9 Å². The van der Waals surface area contributed by atoms with E-state index < -0.39 is 0 Å². The lowest BCUT2D eigenvalue weighted by Gasteiger charge is -1.98. The number of esters is 1. The van der Waals surface area contributed by atoms with Gasteiger partial charge in [-0.1, -0.05) is 22.0 Å². The molecule has 0 atom stereocenters. The highest BCUT2D eigenvalue weighted by atomic mass is 79.9. The zero-order valence-corrected chi connectivity index (χ0v) is 10.0. The Bertz CT molecular complexity index is 531. The lowest BCUT2D eigenvalue weighted by atomic mass is 10.1. The van der Waals surface area contributed by atoms with Crippen LogP contribution in [-0.4, -0.2) is 18.1 Å². The summed E-state index contributed by atoms with van der Waals surface area (Å²) < 4.78 is 5.72.